The van der Waals surface area contributed by atoms with E-state index >= 15 is 0 Å². The van der Waals surface area contributed by atoms with Crippen LogP contribution in [0.4, 0.5) is 5.82 Å². The molecule has 0 saturated heterocycles. The second-order valence-corrected chi connectivity index (χ2v) is 2.09. The van der Waals surface area contributed by atoms with E-state index in [1.54, 1.807) is 6.92 Å². The first-order chi connectivity index (χ1) is 4.61. The molecule has 0 aromatic carbocycles. The number of aromatic nitrogens is 1. The van der Waals surface area contributed by atoms with Gasteiger partial charge >= 0.3 is 0 Å². The van der Waals surface area contributed by atoms with Crippen molar-refractivity contribution >= 4 is 5.82 Å². The molecule has 1 aromatic heterocycles. The third kappa shape index (κ3) is 0.953. The van der Waals surface area contributed by atoms with E-state index in [2.05, 4.69) is 0 Å². The molecule has 0 spiro atoms. The topological polar surface area (TPSA) is 73.2 Å². The lowest BCUT2D eigenvalue weighted by atomic mass is 10.3. The Kier molecular flexibility index (Phi) is 1.37. The van der Waals surface area contributed by atoms with Gasteiger partial charge in [0.2, 0.25) is 0 Å². The molecule has 0 aliphatic rings. The van der Waals surface area contributed by atoms with Crippen molar-refractivity contribution < 1.29 is 9.84 Å². The summed E-state index contributed by atoms with van der Waals surface area (Å²) in [5.41, 5.74) is 5.83. The average molecular weight is 140 g/mol. The zero-order chi connectivity index (χ0) is 7.72. The first kappa shape index (κ1) is 6.67. The van der Waals surface area contributed by atoms with Gasteiger partial charge in [-0.25, -0.2) is 4.73 Å². The van der Waals surface area contributed by atoms with Crippen LogP contribution in [0.3, 0.4) is 0 Å². The molecule has 4 heteroatoms. The highest BCUT2D eigenvalue weighted by molar-refractivity contribution is 5.34. The molecule has 0 atom stereocenters. The Balaban J connectivity index is 3.28. The highest BCUT2D eigenvalue weighted by Crippen LogP contribution is 2.13. The molecule has 3 N–H and O–H groups in total. The van der Waals surface area contributed by atoms with Crippen molar-refractivity contribution in [3.8, 4) is 5.75 Å². The number of nitrogen functional groups attached to an aromatic ring is 1. The van der Waals surface area contributed by atoms with Gasteiger partial charge in [-0.05, 0) is 6.92 Å². The van der Waals surface area contributed by atoms with Gasteiger partial charge in [0.15, 0.2) is 5.75 Å². The predicted molar refractivity (Wildman–Crippen MR) is 36.2 cm³/mol. The largest absolute Gasteiger partial charge is 0.710 e. The van der Waals surface area contributed by atoms with E-state index in [9.17, 15) is 5.21 Å². The van der Waals surface area contributed by atoms with E-state index < -0.39 is 0 Å². The molecule has 10 heavy (non-hydrogen) atoms. The van der Waals surface area contributed by atoms with Gasteiger partial charge < -0.3 is 10.3 Å². The van der Waals surface area contributed by atoms with Crippen molar-refractivity contribution in [2.75, 3.05) is 5.73 Å². The molecule has 1 heterocycles. The van der Waals surface area contributed by atoms with Crippen LogP contribution in [-0.4, -0.2) is 5.11 Å². The Morgan fingerprint density at radius 2 is 2.30 bits per heavy atom. The second kappa shape index (κ2) is 2.06. The van der Waals surface area contributed by atoms with Crippen molar-refractivity contribution in [2.24, 2.45) is 0 Å². The summed E-state index contributed by atoms with van der Waals surface area (Å²) < 4.78 is 0.419. The molecule has 1 rings (SSSR count). The Labute approximate surface area is 58.1 Å². The standard InChI is InChI=1S/C6H8N2O2/c1-4-2-6(7)8(10)3-5(4)9/h2-3,9H,7H2,1H3. The first-order valence-electron chi connectivity index (χ1n) is 2.79. The van der Waals surface area contributed by atoms with Crippen LogP contribution in [0.15, 0.2) is 12.3 Å². The minimum Gasteiger partial charge on any atom is -0.710 e. The summed E-state index contributed by atoms with van der Waals surface area (Å²) in [4.78, 5) is 0. The SMILES string of the molecule is Cc1cc(N)[n+]([O-])cc1O. The summed E-state index contributed by atoms with van der Waals surface area (Å²) in [7, 11) is 0. The number of pyridine rings is 1. The van der Waals surface area contributed by atoms with E-state index in [1.165, 1.54) is 6.07 Å². The third-order valence-corrected chi connectivity index (χ3v) is 1.26. The van der Waals surface area contributed by atoms with Gasteiger partial charge in [-0.2, -0.15) is 0 Å². The zero-order valence-corrected chi connectivity index (χ0v) is 5.53. The van der Waals surface area contributed by atoms with Crippen LogP contribution in [0.2, 0.25) is 0 Å². The first-order valence-corrected chi connectivity index (χ1v) is 2.79. The van der Waals surface area contributed by atoms with E-state index in [4.69, 9.17) is 10.8 Å². The van der Waals surface area contributed by atoms with E-state index in [0.29, 0.717) is 10.3 Å². The minimum absolute atomic E-state index is 0.0378. The van der Waals surface area contributed by atoms with Gasteiger partial charge in [-0.3, -0.25) is 5.73 Å². The van der Waals surface area contributed by atoms with Gasteiger partial charge in [-0.1, -0.05) is 0 Å². The van der Waals surface area contributed by atoms with Crippen LogP contribution >= 0.6 is 0 Å². The quantitative estimate of drug-likeness (QED) is 0.391. The Morgan fingerprint density at radius 1 is 1.70 bits per heavy atom. The number of nitrogens with zero attached hydrogens (tertiary/aromatic N) is 1. The number of hydrogen-bond acceptors (Lipinski definition) is 3. The number of hydrogen-bond donors (Lipinski definition) is 2. The van der Waals surface area contributed by atoms with Crippen LogP contribution in [0.5, 0.6) is 5.75 Å². The van der Waals surface area contributed by atoms with Gasteiger partial charge in [0.1, 0.15) is 6.20 Å². The lowest BCUT2D eigenvalue weighted by molar-refractivity contribution is -0.590. The number of anilines is 1. The highest BCUT2D eigenvalue weighted by atomic mass is 16.5. The number of rotatable bonds is 0. The van der Waals surface area contributed by atoms with Gasteiger partial charge in [0.25, 0.3) is 5.82 Å². The van der Waals surface area contributed by atoms with E-state index in [0.717, 1.165) is 6.20 Å². The van der Waals surface area contributed by atoms with Crippen molar-refractivity contribution in [2.45, 2.75) is 6.92 Å². The molecule has 0 aliphatic heterocycles. The molecule has 0 saturated carbocycles. The highest BCUT2D eigenvalue weighted by Gasteiger charge is 2.01. The second-order valence-electron chi connectivity index (χ2n) is 2.09. The van der Waals surface area contributed by atoms with Crippen molar-refractivity contribution in [3.63, 3.8) is 0 Å². The maximum atomic E-state index is 10.6. The van der Waals surface area contributed by atoms with Crippen LogP contribution in [0.1, 0.15) is 5.56 Å². The smallest absolute Gasteiger partial charge is 0.275 e. The molecule has 0 unspecified atom stereocenters. The van der Waals surface area contributed by atoms with E-state index in [-0.39, 0.29) is 11.6 Å². The number of aryl methyl sites for hydroxylation is 1. The molecule has 0 fully saturated rings. The normalized spacial score (nSPS) is 9.70. The average Bonchev–Trinajstić information content (AvgIpc) is 1.84. The van der Waals surface area contributed by atoms with Gasteiger partial charge in [0.05, 0.1) is 0 Å². The molecule has 0 bridgehead atoms. The maximum Gasteiger partial charge on any atom is 0.275 e. The summed E-state index contributed by atoms with van der Waals surface area (Å²) in [6, 6.07) is 1.42. The zero-order valence-electron chi connectivity index (χ0n) is 5.53. The number of nitrogens with two attached hydrogens (primary N) is 1. The monoisotopic (exact) mass is 140 g/mol. The number of aromatic hydroxyl groups is 1. The molecular weight excluding hydrogens is 132 g/mol. The molecule has 0 amide bonds. The summed E-state index contributed by atoms with van der Waals surface area (Å²) >= 11 is 0. The summed E-state index contributed by atoms with van der Waals surface area (Å²) in [6.07, 6.45) is 1.03. The van der Waals surface area contributed by atoms with Crippen LogP contribution in [0, 0.1) is 12.1 Å². The van der Waals surface area contributed by atoms with Gasteiger partial charge in [0, 0.05) is 11.6 Å². The Morgan fingerprint density at radius 3 is 2.80 bits per heavy atom. The van der Waals surface area contributed by atoms with Crippen LogP contribution in [-0.2, 0) is 0 Å². The molecule has 0 radical (unpaired) electrons. The van der Waals surface area contributed by atoms with E-state index in [1.807, 2.05) is 0 Å². The van der Waals surface area contributed by atoms with Gasteiger partial charge in [-0.15, -0.1) is 0 Å². The van der Waals surface area contributed by atoms with Crippen molar-refractivity contribution in [1.82, 2.24) is 0 Å². The summed E-state index contributed by atoms with van der Waals surface area (Å²) in [5, 5.41) is 19.6. The molecule has 4 nitrogen and oxygen atoms in total. The lowest BCUT2D eigenvalue weighted by Gasteiger charge is -2.05. The van der Waals surface area contributed by atoms with Crippen molar-refractivity contribution in [1.29, 1.82) is 0 Å². The fourth-order valence-corrected chi connectivity index (χ4v) is 0.647. The Hall–Kier alpha value is -1.45. The van der Waals surface area contributed by atoms with Crippen LogP contribution in [0.25, 0.3) is 0 Å². The lowest BCUT2D eigenvalue weighted by Crippen LogP contribution is -2.29. The van der Waals surface area contributed by atoms with Crippen molar-refractivity contribution in [3.05, 3.63) is 23.0 Å². The fourth-order valence-electron chi connectivity index (χ4n) is 0.647. The summed E-state index contributed by atoms with van der Waals surface area (Å²) in [6.45, 7) is 1.67. The maximum absolute atomic E-state index is 10.6. The minimum atomic E-state index is -0.0378. The predicted octanol–water partition coefficient (Wildman–Crippen LogP) is -0.0838. The summed E-state index contributed by atoms with van der Waals surface area (Å²) in [5.74, 6) is 0.0551. The third-order valence-electron chi connectivity index (χ3n) is 1.26. The Bertz CT molecular complexity index is 210. The van der Waals surface area contributed by atoms with Crippen LogP contribution < -0.4 is 10.5 Å². The molecule has 1 aromatic rings. The molecule has 54 valence electrons. The molecular formula is C6H8N2O2. The molecule has 0 aliphatic carbocycles. The fraction of sp³-hybridized carbons (Fsp3) is 0.167.